The summed E-state index contributed by atoms with van der Waals surface area (Å²) >= 11 is 0. The van der Waals surface area contributed by atoms with Crippen LogP contribution in [0.2, 0.25) is 0 Å². The van der Waals surface area contributed by atoms with Gasteiger partial charge in [0.1, 0.15) is 0 Å². The lowest BCUT2D eigenvalue weighted by molar-refractivity contribution is -0.0985. The Bertz CT molecular complexity index is 674. The van der Waals surface area contributed by atoms with Crippen molar-refractivity contribution in [2.75, 3.05) is 6.61 Å². The van der Waals surface area contributed by atoms with Gasteiger partial charge in [0, 0.05) is 0 Å². The van der Waals surface area contributed by atoms with E-state index < -0.39 is 6.29 Å². The van der Waals surface area contributed by atoms with Gasteiger partial charge < -0.3 is 9.47 Å². The quantitative estimate of drug-likeness (QED) is 0.261. The van der Waals surface area contributed by atoms with E-state index >= 15 is 0 Å². The van der Waals surface area contributed by atoms with Crippen LogP contribution in [-0.4, -0.2) is 18.9 Å². The molecule has 0 N–H and O–H groups in total. The molecule has 0 aromatic heterocycles. The van der Waals surface area contributed by atoms with E-state index in [2.05, 4.69) is 38.1 Å². The van der Waals surface area contributed by atoms with Crippen molar-refractivity contribution in [2.45, 2.75) is 65.6 Å². The maximum absolute atomic E-state index is 12.2. The SMILES string of the molecule is CCCCCc1ccc(-c2ccc(C(=O)OC(C)OCCCC)cc2)cc1. The van der Waals surface area contributed by atoms with Crippen molar-refractivity contribution in [3.8, 4) is 11.1 Å². The fourth-order valence-electron chi connectivity index (χ4n) is 2.89. The summed E-state index contributed by atoms with van der Waals surface area (Å²) in [6, 6.07) is 16.2. The van der Waals surface area contributed by atoms with Crippen molar-refractivity contribution in [1.29, 1.82) is 0 Å². The highest BCUT2D eigenvalue weighted by Crippen LogP contribution is 2.21. The van der Waals surface area contributed by atoms with E-state index in [9.17, 15) is 4.79 Å². The first-order chi connectivity index (χ1) is 13.1. The summed E-state index contributed by atoms with van der Waals surface area (Å²) in [5, 5.41) is 0. The van der Waals surface area contributed by atoms with Gasteiger partial charge in [-0.05, 0) is 55.0 Å². The largest absolute Gasteiger partial charge is 0.432 e. The van der Waals surface area contributed by atoms with Crippen LogP contribution in [0, 0.1) is 0 Å². The summed E-state index contributed by atoms with van der Waals surface area (Å²) < 4.78 is 10.8. The maximum atomic E-state index is 12.2. The van der Waals surface area contributed by atoms with Crippen LogP contribution in [0.4, 0.5) is 0 Å². The van der Waals surface area contributed by atoms with Crippen molar-refractivity contribution in [3.05, 3.63) is 59.7 Å². The van der Waals surface area contributed by atoms with E-state index in [1.165, 1.54) is 24.8 Å². The molecule has 1 unspecified atom stereocenters. The molecule has 0 bridgehead atoms. The lowest BCUT2D eigenvalue weighted by Gasteiger charge is -2.14. The summed E-state index contributed by atoms with van der Waals surface area (Å²) in [6.07, 6.45) is 6.41. The summed E-state index contributed by atoms with van der Waals surface area (Å²) in [7, 11) is 0. The Morgan fingerprint density at radius 2 is 1.44 bits per heavy atom. The van der Waals surface area contributed by atoms with Gasteiger partial charge in [-0.15, -0.1) is 0 Å². The molecule has 0 aliphatic carbocycles. The second kappa shape index (κ2) is 11.6. The molecule has 0 aliphatic rings. The number of ether oxygens (including phenoxy) is 2. The zero-order valence-electron chi connectivity index (χ0n) is 16.9. The molecule has 0 saturated carbocycles. The van der Waals surface area contributed by atoms with Crippen molar-refractivity contribution >= 4 is 5.97 Å². The predicted molar refractivity (Wildman–Crippen MR) is 111 cm³/mol. The second-order valence-corrected chi connectivity index (χ2v) is 6.93. The summed E-state index contributed by atoms with van der Waals surface area (Å²) in [5.74, 6) is -0.350. The molecule has 146 valence electrons. The molecule has 27 heavy (non-hydrogen) atoms. The normalized spacial score (nSPS) is 12.0. The molecule has 2 rings (SSSR count). The average molecular weight is 369 g/mol. The zero-order valence-corrected chi connectivity index (χ0v) is 16.9. The van der Waals surface area contributed by atoms with E-state index in [-0.39, 0.29) is 5.97 Å². The highest BCUT2D eigenvalue weighted by Gasteiger charge is 2.12. The first-order valence-corrected chi connectivity index (χ1v) is 10.2. The minimum Gasteiger partial charge on any atom is -0.432 e. The van der Waals surface area contributed by atoms with Crippen LogP contribution < -0.4 is 0 Å². The number of carbonyl (C=O) groups excluding carboxylic acids is 1. The average Bonchev–Trinajstić information content (AvgIpc) is 2.69. The van der Waals surface area contributed by atoms with Gasteiger partial charge in [0.25, 0.3) is 0 Å². The Kier molecular flexibility index (Phi) is 9.06. The van der Waals surface area contributed by atoms with Gasteiger partial charge in [0.15, 0.2) is 6.29 Å². The van der Waals surface area contributed by atoms with Crippen LogP contribution in [0.5, 0.6) is 0 Å². The van der Waals surface area contributed by atoms with Gasteiger partial charge in [-0.1, -0.05) is 69.5 Å². The molecule has 0 saturated heterocycles. The van der Waals surface area contributed by atoms with E-state index in [4.69, 9.17) is 9.47 Å². The van der Waals surface area contributed by atoms with Crippen molar-refractivity contribution < 1.29 is 14.3 Å². The van der Waals surface area contributed by atoms with Crippen molar-refractivity contribution in [3.63, 3.8) is 0 Å². The van der Waals surface area contributed by atoms with E-state index in [0.717, 1.165) is 30.4 Å². The third-order valence-electron chi connectivity index (χ3n) is 4.60. The highest BCUT2D eigenvalue weighted by molar-refractivity contribution is 5.90. The predicted octanol–water partition coefficient (Wildman–Crippen LogP) is 6.41. The van der Waals surface area contributed by atoms with Crippen LogP contribution in [0.25, 0.3) is 11.1 Å². The van der Waals surface area contributed by atoms with Crippen LogP contribution in [0.3, 0.4) is 0 Å². The standard InChI is InChI=1S/C24H32O3/c1-4-6-8-9-20-10-12-21(13-11-20)22-14-16-23(17-15-22)24(25)27-19(3)26-18-7-5-2/h10-17,19H,4-9,18H2,1-3H3. The molecule has 2 aromatic rings. The maximum Gasteiger partial charge on any atom is 0.340 e. The molecule has 0 heterocycles. The van der Waals surface area contributed by atoms with Crippen LogP contribution >= 0.6 is 0 Å². The molecule has 0 spiro atoms. The van der Waals surface area contributed by atoms with E-state index in [1.54, 1.807) is 6.92 Å². The third kappa shape index (κ3) is 7.18. The van der Waals surface area contributed by atoms with E-state index in [0.29, 0.717) is 12.2 Å². The van der Waals surface area contributed by atoms with Gasteiger partial charge in [0.05, 0.1) is 12.2 Å². The number of hydrogen-bond donors (Lipinski definition) is 0. The van der Waals surface area contributed by atoms with Gasteiger partial charge in [-0.25, -0.2) is 4.79 Å². The molecular formula is C24H32O3. The Balaban J connectivity index is 1.91. The van der Waals surface area contributed by atoms with Gasteiger partial charge in [-0.2, -0.15) is 0 Å². The number of esters is 1. The molecule has 0 aliphatic heterocycles. The van der Waals surface area contributed by atoms with Gasteiger partial charge >= 0.3 is 5.97 Å². The molecule has 3 heteroatoms. The van der Waals surface area contributed by atoms with Crippen molar-refractivity contribution in [2.24, 2.45) is 0 Å². The molecule has 0 amide bonds. The van der Waals surface area contributed by atoms with Crippen molar-refractivity contribution in [1.82, 2.24) is 0 Å². The van der Waals surface area contributed by atoms with Crippen LogP contribution in [-0.2, 0) is 15.9 Å². The minimum absolute atomic E-state index is 0.350. The summed E-state index contributed by atoms with van der Waals surface area (Å²) in [4.78, 5) is 12.2. The number of rotatable bonds is 11. The molecular weight excluding hydrogens is 336 g/mol. The lowest BCUT2D eigenvalue weighted by Crippen LogP contribution is -2.18. The molecule has 3 nitrogen and oxygen atoms in total. The number of carbonyl (C=O) groups is 1. The molecule has 1 atom stereocenters. The smallest absolute Gasteiger partial charge is 0.340 e. The lowest BCUT2D eigenvalue weighted by atomic mass is 10.0. The second-order valence-electron chi connectivity index (χ2n) is 6.93. The Morgan fingerprint density at radius 3 is 2.04 bits per heavy atom. The monoisotopic (exact) mass is 368 g/mol. The fourth-order valence-corrected chi connectivity index (χ4v) is 2.89. The first-order valence-electron chi connectivity index (χ1n) is 10.2. The van der Waals surface area contributed by atoms with Gasteiger partial charge in [0.2, 0.25) is 0 Å². The molecule has 0 fully saturated rings. The van der Waals surface area contributed by atoms with Gasteiger partial charge in [-0.3, -0.25) is 0 Å². The topological polar surface area (TPSA) is 35.5 Å². The Morgan fingerprint density at radius 1 is 0.852 bits per heavy atom. The summed E-state index contributed by atoms with van der Waals surface area (Å²) in [6.45, 7) is 6.69. The zero-order chi connectivity index (χ0) is 19.5. The Labute approximate surface area is 163 Å². The third-order valence-corrected chi connectivity index (χ3v) is 4.60. The first kappa shape index (κ1) is 21.2. The molecule has 0 radical (unpaired) electrons. The fraction of sp³-hybridized carbons (Fsp3) is 0.458. The highest BCUT2D eigenvalue weighted by atomic mass is 16.7. The number of aryl methyl sites for hydroxylation is 1. The number of benzene rings is 2. The molecule has 2 aromatic carbocycles. The number of hydrogen-bond acceptors (Lipinski definition) is 3. The Hall–Kier alpha value is -2.13. The number of unbranched alkanes of at least 4 members (excludes halogenated alkanes) is 3. The minimum atomic E-state index is -0.524. The van der Waals surface area contributed by atoms with Crippen LogP contribution in [0.1, 0.15) is 68.8 Å². The summed E-state index contributed by atoms with van der Waals surface area (Å²) in [5.41, 5.74) is 4.18. The van der Waals surface area contributed by atoms with Crippen LogP contribution in [0.15, 0.2) is 48.5 Å². The van der Waals surface area contributed by atoms with E-state index in [1.807, 2.05) is 24.3 Å².